The lowest BCUT2D eigenvalue weighted by Crippen LogP contribution is -2.43. The van der Waals surface area contributed by atoms with Crippen LogP contribution in [0.4, 0.5) is 0 Å². The van der Waals surface area contributed by atoms with Crippen LogP contribution in [0.25, 0.3) is 11.2 Å². The number of piperidine rings is 1. The van der Waals surface area contributed by atoms with E-state index >= 15 is 0 Å². The highest BCUT2D eigenvalue weighted by Crippen LogP contribution is 2.24. The zero-order chi connectivity index (χ0) is 18.1. The van der Waals surface area contributed by atoms with Crippen molar-refractivity contribution in [2.24, 2.45) is 7.05 Å². The molecule has 0 radical (unpaired) electrons. The number of hydrogen-bond donors (Lipinski definition) is 0. The minimum Gasteiger partial charge on any atom is -0.340 e. The molecule has 1 aliphatic heterocycles. The van der Waals surface area contributed by atoms with E-state index in [4.69, 9.17) is 0 Å². The number of nitrogens with zero attached hydrogens (tertiary/aromatic N) is 5. The minimum atomic E-state index is -0.108. The van der Waals surface area contributed by atoms with Crippen molar-refractivity contribution in [1.82, 2.24) is 24.0 Å². The Morgan fingerprint density at radius 2 is 2.08 bits per heavy atom. The van der Waals surface area contributed by atoms with Gasteiger partial charge in [0.2, 0.25) is 5.91 Å². The van der Waals surface area contributed by atoms with Gasteiger partial charge in [0.05, 0.1) is 18.7 Å². The fourth-order valence-electron chi connectivity index (χ4n) is 3.70. The molecular weight excluding hydrogens is 330 g/mol. The largest absolute Gasteiger partial charge is 0.340 e. The number of fused-ring (bicyclic) bond motifs is 1. The van der Waals surface area contributed by atoms with Crippen LogP contribution in [0, 0.1) is 0 Å². The molecule has 7 nitrogen and oxygen atoms in total. The fraction of sp³-hybridized carbons (Fsp3) is 0.368. The van der Waals surface area contributed by atoms with Gasteiger partial charge in [-0.15, -0.1) is 0 Å². The van der Waals surface area contributed by atoms with Gasteiger partial charge in [0.25, 0.3) is 0 Å². The standard InChI is InChI=1S/C19H21N5O2/c1-22-16-11-20-13-21-18(16)24(19(22)26)15-8-5-9-23(12-15)17(25)10-14-6-3-2-4-7-14/h2-4,6-7,11,13,15H,5,8-10,12H2,1H3. The summed E-state index contributed by atoms with van der Waals surface area (Å²) < 4.78 is 3.29. The van der Waals surface area contributed by atoms with Crippen LogP contribution >= 0.6 is 0 Å². The summed E-state index contributed by atoms with van der Waals surface area (Å²) in [7, 11) is 1.73. The molecule has 0 spiro atoms. The van der Waals surface area contributed by atoms with Gasteiger partial charge in [0.15, 0.2) is 5.65 Å². The molecule has 134 valence electrons. The zero-order valence-corrected chi connectivity index (χ0v) is 14.7. The lowest BCUT2D eigenvalue weighted by molar-refractivity contribution is -0.132. The number of rotatable bonds is 3. The van der Waals surface area contributed by atoms with Gasteiger partial charge >= 0.3 is 5.69 Å². The molecule has 1 unspecified atom stereocenters. The summed E-state index contributed by atoms with van der Waals surface area (Å²) in [6.07, 6.45) is 5.23. The first-order valence-corrected chi connectivity index (χ1v) is 8.84. The predicted octanol–water partition coefficient (Wildman–Crippen LogP) is 1.54. The van der Waals surface area contributed by atoms with Gasteiger partial charge < -0.3 is 4.90 Å². The van der Waals surface area contributed by atoms with Crippen LogP contribution in [0.3, 0.4) is 0 Å². The smallest absolute Gasteiger partial charge is 0.330 e. The molecule has 0 N–H and O–H groups in total. The highest BCUT2D eigenvalue weighted by atomic mass is 16.2. The number of imidazole rings is 1. The normalized spacial score (nSPS) is 17.6. The van der Waals surface area contributed by atoms with Crippen molar-refractivity contribution < 1.29 is 4.79 Å². The zero-order valence-electron chi connectivity index (χ0n) is 14.7. The Morgan fingerprint density at radius 3 is 2.88 bits per heavy atom. The average Bonchev–Trinajstić information content (AvgIpc) is 2.94. The second-order valence-electron chi connectivity index (χ2n) is 6.74. The van der Waals surface area contributed by atoms with E-state index in [0.29, 0.717) is 24.1 Å². The van der Waals surface area contributed by atoms with E-state index in [-0.39, 0.29) is 17.6 Å². The number of likely N-dealkylation sites (tertiary alicyclic amines) is 1. The fourth-order valence-corrected chi connectivity index (χ4v) is 3.70. The molecule has 0 bridgehead atoms. The van der Waals surface area contributed by atoms with Crippen LogP contribution < -0.4 is 5.69 Å². The van der Waals surface area contributed by atoms with Crippen molar-refractivity contribution in [3.05, 3.63) is 58.9 Å². The quantitative estimate of drug-likeness (QED) is 0.717. The Bertz CT molecular complexity index is 992. The van der Waals surface area contributed by atoms with E-state index in [9.17, 15) is 9.59 Å². The average molecular weight is 351 g/mol. The Kier molecular flexibility index (Phi) is 4.28. The molecule has 7 heteroatoms. The highest BCUT2D eigenvalue weighted by molar-refractivity contribution is 5.79. The third kappa shape index (κ3) is 2.89. The van der Waals surface area contributed by atoms with Crippen LogP contribution in [0.5, 0.6) is 0 Å². The Labute approximate surface area is 150 Å². The van der Waals surface area contributed by atoms with Crippen molar-refractivity contribution >= 4 is 17.1 Å². The summed E-state index contributed by atoms with van der Waals surface area (Å²) in [6, 6.07) is 9.69. The third-order valence-electron chi connectivity index (χ3n) is 5.07. The topological polar surface area (TPSA) is 73.0 Å². The molecule has 2 aromatic heterocycles. The van der Waals surface area contributed by atoms with E-state index in [1.165, 1.54) is 6.33 Å². The molecule has 3 aromatic rings. The number of amides is 1. The molecule has 1 aliphatic rings. The maximum atomic E-state index is 12.7. The molecule has 1 atom stereocenters. The SMILES string of the molecule is Cn1c(=O)n(C2CCCN(C(=O)Cc3ccccc3)C2)c2ncncc21. The molecule has 1 fully saturated rings. The Morgan fingerprint density at radius 1 is 1.27 bits per heavy atom. The summed E-state index contributed by atoms with van der Waals surface area (Å²) >= 11 is 0. The predicted molar refractivity (Wildman–Crippen MR) is 97.8 cm³/mol. The van der Waals surface area contributed by atoms with Crippen LogP contribution in [0.2, 0.25) is 0 Å². The van der Waals surface area contributed by atoms with Crippen molar-refractivity contribution in [1.29, 1.82) is 0 Å². The summed E-state index contributed by atoms with van der Waals surface area (Å²) in [5, 5.41) is 0. The monoisotopic (exact) mass is 351 g/mol. The first kappa shape index (κ1) is 16.5. The first-order chi connectivity index (χ1) is 12.6. The number of hydrogen-bond acceptors (Lipinski definition) is 4. The number of carbonyl (C=O) groups excluding carboxylic acids is 1. The molecule has 26 heavy (non-hydrogen) atoms. The number of aryl methyl sites for hydroxylation is 1. The lowest BCUT2D eigenvalue weighted by Gasteiger charge is -2.33. The summed E-state index contributed by atoms with van der Waals surface area (Å²) in [6.45, 7) is 1.27. The Balaban J connectivity index is 1.59. The summed E-state index contributed by atoms with van der Waals surface area (Å²) in [4.78, 5) is 35.6. The molecule has 1 saturated heterocycles. The van der Waals surface area contributed by atoms with Gasteiger partial charge in [-0.1, -0.05) is 30.3 Å². The summed E-state index contributed by atoms with van der Waals surface area (Å²) in [5.41, 5.74) is 2.25. The summed E-state index contributed by atoms with van der Waals surface area (Å²) in [5.74, 6) is 0.101. The van der Waals surface area contributed by atoms with Crippen molar-refractivity contribution in [3.63, 3.8) is 0 Å². The lowest BCUT2D eigenvalue weighted by atomic mass is 10.0. The second-order valence-corrected chi connectivity index (χ2v) is 6.74. The highest BCUT2D eigenvalue weighted by Gasteiger charge is 2.28. The van der Waals surface area contributed by atoms with Gasteiger partial charge in [-0.25, -0.2) is 14.8 Å². The number of carbonyl (C=O) groups is 1. The molecule has 3 heterocycles. The molecule has 0 saturated carbocycles. The molecule has 0 aliphatic carbocycles. The first-order valence-electron chi connectivity index (χ1n) is 8.84. The maximum Gasteiger partial charge on any atom is 0.330 e. The number of aromatic nitrogens is 4. The number of benzene rings is 1. The molecule has 4 rings (SSSR count). The van der Waals surface area contributed by atoms with Crippen LogP contribution in [0.1, 0.15) is 24.4 Å². The van der Waals surface area contributed by atoms with Gasteiger partial charge in [0.1, 0.15) is 11.8 Å². The van der Waals surface area contributed by atoms with Crippen LogP contribution in [0.15, 0.2) is 47.7 Å². The van der Waals surface area contributed by atoms with Gasteiger partial charge in [-0.2, -0.15) is 0 Å². The van der Waals surface area contributed by atoms with E-state index in [0.717, 1.165) is 24.9 Å². The van der Waals surface area contributed by atoms with Gasteiger partial charge in [-0.05, 0) is 18.4 Å². The third-order valence-corrected chi connectivity index (χ3v) is 5.07. The van der Waals surface area contributed by atoms with E-state index in [1.54, 1.807) is 22.4 Å². The van der Waals surface area contributed by atoms with Crippen molar-refractivity contribution in [3.8, 4) is 0 Å². The molecular formula is C19H21N5O2. The molecule has 1 amide bonds. The van der Waals surface area contributed by atoms with Gasteiger partial charge in [-0.3, -0.25) is 13.9 Å². The van der Waals surface area contributed by atoms with Crippen molar-refractivity contribution in [2.45, 2.75) is 25.3 Å². The van der Waals surface area contributed by atoms with Crippen LogP contribution in [-0.4, -0.2) is 43.0 Å². The van der Waals surface area contributed by atoms with E-state index < -0.39 is 0 Å². The maximum absolute atomic E-state index is 12.7. The van der Waals surface area contributed by atoms with E-state index in [1.807, 2.05) is 35.2 Å². The van der Waals surface area contributed by atoms with Crippen molar-refractivity contribution in [2.75, 3.05) is 13.1 Å². The minimum absolute atomic E-state index is 0.0606. The van der Waals surface area contributed by atoms with E-state index in [2.05, 4.69) is 9.97 Å². The molecule has 1 aromatic carbocycles. The van der Waals surface area contributed by atoms with Gasteiger partial charge in [0, 0.05) is 20.1 Å². The second kappa shape index (κ2) is 6.74. The Hall–Kier alpha value is -2.96. The van der Waals surface area contributed by atoms with Crippen LogP contribution in [-0.2, 0) is 18.3 Å².